The second-order valence-corrected chi connectivity index (χ2v) is 7.35. The molecule has 146 valence electrons. The Bertz CT molecular complexity index is 1140. The van der Waals surface area contributed by atoms with E-state index in [0.29, 0.717) is 22.0 Å². The van der Waals surface area contributed by atoms with Gasteiger partial charge in [0.15, 0.2) is 12.4 Å². The van der Waals surface area contributed by atoms with E-state index in [1.165, 1.54) is 29.7 Å². The first kappa shape index (κ1) is 19.3. The highest BCUT2D eigenvalue weighted by atomic mass is 35.5. The van der Waals surface area contributed by atoms with Gasteiger partial charge >= 0.3 is 5.97 Å². The molecule has 0 amide bonds. The zero-order valence-corrected chi connectivity index (χ0v) is 16.5. The number of benzene rings is 2. The SMILES string of the molecule is O=C(Cc1csc(-c2ccccc2Cl)n1)OCc1ncc(-c2ccc(F)cc2)o1. The van der Waals surface area contributed by atoms with E-state index in [1.807, 2.05) is 18.2 Å². The number of hydrogen-bond donors (Lipinski definition) is 0. The highest BCUT2D eigenvalue weighted by Gasteiger charge is 2.13. The van der Waals surface area contributed by atoms with Gasteiger partial charge in [-0.15, -0.1) is 11.3 Å². The largest absolute Gasteiger partial charge is 0.455 e. The summed E-state index contributed by atoms with van der Waals surface area (Å²) in [5, 5.41) is 3.16. The lowest BCUT2D eigenvalue weighted by atomic mass is 10.2. The summed E-state index contributed by atoms with van der Waals surface area (Å²) >= 11 is 7.60. The van der Waals surface area contributed by atoms with Crippen LogP contribution in [0.25, 0.3) is 21.9 Å². The number of hydrogen-bond acceptors (Lipinski definition) is 6. The molecule has 0 unspecified atom stereocenters. The molecule has 0 saturated carbocycles. The first-order chi connectivity index (χ1) is 14.1. The van der Waals surface area contributed by atoms with Gasteiger partial charge < -0.3 is 9.15 Å². The molecule has 0 N–H and O–H groups in total. The maximum absolute atomic E-state index is 13.0. The summed E-state index contributed by atoms with van der Waals surface area (Å²) in [5.41, 5.74) is 2.12. The van der Waals surface area contributed by atoms with Crippen molar-refractivity contribution < 1.29 is 18.3 Å². The van der Waals surface area contributed by atoms with E-state index in [4.69, 9.17) is 20.8 Å². The first-order valence-electron chi connectivity index (χ1n) is 8.64. The number of halogens is 2. The van der Waals surface area contributed by atoms with Gasteiger partial charge in [0, 0.05) is 16.5 Å². The summed E-state index contributed by atoms with van der Waals surface area (Å²) in [6.45, 7) is -0.0957. The zero-order valence-electron chi connectivity index (χ0n) is 15.0. The number of carbonyl (C=O) groups excluding carboxylic acids is 1. The number of oxazole rings is 1. The smallest absolute Gasteiger partial charge is 0.312 e. The predicted octanol–water partition coefficient (Wildman–Crippen LogP) is 5.54. The van der Waals surface area contributed by atoms with Gasteiger partial charge in [0.25, 0.3) is 0 Å². The van der Waals surface area contributed by atoms with Gasteiger partial charge in [0.1, 0.15) is 10.8 Å². The van der Waals surface area contributed by atoms with Crippen molar-refractivity contribution in [2.45, 2.75) is 13.0 Å². The van der Waals surface area contributed by atoms with Crippen molar-refractivity contribution in [2.24, 2.45) is 0 Å². The number of rotatable bonds is 6. The normalized spacial score (nSPS) is 10.8. The fraction of sp³-hybridized carbons (Fsp3) is 0.0952. The molecule has 0 bridgehead atoms. The van der Waals surface area contributed by atoms with Crippen LogP contribution in [-0.4, -0.2) is 15.9 Å². The molecule has 0 spiro atoms. The molecular formula is C21H14ClFN2O3S. The van der Waals surface area contributed by atoms with Gasteiger partial charge in [0.2, 0.25) is 5.89 Å². The third-order valence-electron chi connectivity index (χ3n) is 4.02. The molecule has 5 nitrogen and oxygen atoms in total. The Kier molecular flexibility index (Phi) is 5.69. The van der Waals surface area contributed by atoms with Crippen LogP contribution in [0.15, 0.2) is 64.5 Å². The van der Waals surface area contributed by atoms with E-state index in [1.54, 1.807) is 23.6 Å². The predicted molar refractivity (Wildman–Crippen MR) is 108 cm³/mol. The van der Waals surface area contributed by atoms with Crippen LogP contribution in [0.3, 0.4) is 0 Å². The Morgan fingerprint density at radius 2 is 1.97 bits per heavy atom. The van der Waals surface area contributed by atoms with Crippen LogP contribution < -0.4 is 0 Å². The molecule has 4 aromatic rings. The van der Waals surface area contributed by atoms with Gasteiger partial charge in [-0.05, 0) is 30.3 Å². The molecule has 29 heavy (non-hydrogen) atoms. The number of thiazole rings is 1. The maximum Gasteiger partial charge on any atom is 0.312 e. The Labute approximate surface area is 174 Å². The minimum atomic E-state index is -0.442. The van der Waals surface area contributed by atoms with E-state index < -0.39 is 5.97 Å². The highest BCUT2D eigenvalue weighted by Crippen LogP contribution is 2.30. The Hall–Kier alpha value is -3.03. The molecule has 4 rings (SSSR count). The van der Waals surface area contributed by atoms with Crippen LogP contribution >= 0.6 is 22.9 Å². The highest BCUT2D eigenvalue weighted by molar-refractivity contribution is 7.13. The summed E-state index contributed by atoms with van der Waals surface area (Å²) in [5.74, 6) is -0.0441. The average molecular weight is 429 g/mol. The molecule has 8 heteroatoms. The Morgan fingerprint density at radius 1 is 1.17 bits per heavy atom. The van der Waals surface area contributed by atoms with Crippen molar-refractivity contribution in [3.05, 3.63) is 82.5 Å². The standard InChI is InChI=1S/C21H14ClFN2O3S/c22-17-4-2-1-3-16(17)21-25-15(12-29-21)9-20(26)27-11-19-24-10-18(28-19)13-5-7-14(23)8-6-13/h1-8,10,12H,9,11H2. The van der Waals surface area contributed by atoms with E-state index in [2.05, 4.69) is 9.97 Å². The molecular weight excluding hydrogens is 415 g/mol. The summed E-state index contributed by atoms with van der Waals surface area (Å²) in [4.78, 5) is 20.7. The zero-order chi connectivity index (χ0) is 20.2. The van der Waals surface area contributed by atoms with Crippen molar-refractivity contribution in [2.75, 3.05) is 0 Å². The fourth-order valence-electron chi connectivity index (χ4n) is 2.61. The van der Waals surface area contributed by atoms with E-state index in [-0.39, 0.29) is 24.7 Å². The average Bonchev–Trinajstić information content (AvgIpc) is 3.37. The van der Waals surface area contributed by atoms with Gasteiger partial charge in [0.05, 0.1) is 23.3 Å². The monoisotopic (exact) mass is 428 g/mol. The van der Waals surface area contributed by atoms with Crippen LogP contribution in [0.5, 0.6) is 0 Å². The summed E-state index contributed by atoms with van der Waals surface area (Å²) in [7, 11) is 0. The molecule has 0 fully saturated rings. The third kappa shape index (κ3) is 4.70. The van der Waals surface area contributed by atoms with Gasteiger partial charge in [-0.1, -0.05) is 29.8 Å². The second-order valence-electron chi connectivity index (χ2n) is 6.09. The van der Waals surface area contributed by atoms with Gasteiger partial charge in [-0.3, -0.25) is 4.79 Å². The second kappa shape index (κ2) is 8.55. The van der Waals surface area contributed by atoms with Gasteiger partial charge in [-0.2, -0.15) is 0 Å². The summed E-state index contributed by atoms with van der Waals surface area (Å²) < 4.78 is 23.8. The van der Waals surface area contributed by atoms with Crippen LogP contribution in [-0.2, 0) is 22.6 Å². The molecule has 0 atom stereocenters. The quantitative estimate of drug-likeness (QED) is 0.377. The number of nitrogens with zero attached hydrogens (tertiary/aromatic N) is 2. The lowest BCUT2D eigenvalue weighted by Crippen LogP contribution is -2.08. The number of carbonyl (C=O) groups is 1. The Morgan fingerprint density at radius 3 is 2.76 bits per heavy atom. The van der Waals surface area contributed by atoms with E-state index >= 15 is 0 Å². The lowest BCUT2D eigenvalue weighted by molar-refractivity contribution is -0.144. The van der Waals surface area contributed by atoms with Crippen LogP contribution in [0.2, 0.25) is 5.02 Å². The molecule has 0 radical (unpaired) electrons. The van der Waals surface area contributed by atoms with Gasteiger partial charge in [-0.25, -0.2) is 14.4 Å². The molecule has 0 aliphatic carbocycles. The molecule has 2 aromatic carbocycles. The topological polar surface area (TPSA) is 65.2 Å². The summed E-state index contributed by atoms with van der Waals surface area (Å²) in [6.07, 6.45) is 1.54. The minimum Gasteiger partial charge on any atom is -0.455 e. The van der Waals surface area contributed by atoms with Crippen molar-refractivity contribution in [3.63, 3.8) is 0 Å². The van der Waals surface area contributed by atoms with E-state index in [9.17, 15) is 9.18 Å². The van der Waals surface area contributed by atoms with Crippen molar-refractivity contribution in [1.82, 2.24) is 9.97 Å². The Balaban J connectivity index is 1.34. The first-order valence-corrected chi connectivity index (χ1v) is 9.90. The molecule has 0 aliphatic rings. The van der Waals surface area contributed by atoms with E-state index in [0.717, 1.165) is 10.6 Å². The number of esters is 1. The fourth-order valence-corrected chi connectivity index (χ4v) is 3.75. The van der Waals surface area contributed by atoms with Crippen molar-refractivity contribution in [1.29, 1.82) is 0 Å². The molecule has 2 heterocycles. The molecule has 0 aliphatic heterocycles. The van der Waals surface area contributed by atoms with Crippen molar-refractivity contribution in [3.8, 4) is 21.9 Å². The minimum absolute atomic E-state index is 0.0342. The number of ether oxygens (including phenoxy) is 1. The maximum atomic E-state index is 13.0. The summed E-state index contributed by atoms with van der Waals surface area (Å²) in [6, 6.07) is 13.3. The van der Waals surface area contributed by atoms with Crippen molar-refractivity contribution >= 4 is 28.9 Å². The molecule has 2 aromatic heterocycles. The van der Waals surface area contributed by atoms with Crippen LogP contribution in [0.1, 0.15) is 11.6 Å². The van der Waals surface area contributed by atoms with Crippen LogP contribution in [0.4, 0.5) is 4.39 Å². The molecule has 0 saturated heterocycles. The number of aromatic nitrogens is 2. The van der Waals surface area contributed by atoms with Crippen LogP contribution in [0, 0.1) is 5.82 Å². The third-order valence-corrected chi connectivity index (χ3v) is 5.27. The lowest BCUT2D eigenvalue weighted by Gasteiger charge is -2.01.